The van der Waals surface area contributed by atoms with Crippen molar-refractivity contribution in [2.75, 3.05) is 20.2 Å². The fraction of sp³-hybridized carbons (Fsp3) is 0.400. The van der Waals surface area contributed by atoms with Crippen molar-refractivity contribution in [3.8, 4) is 5.75 Å². The van der Waals surface area contributed by atoms with Gasteiger partial charge in [-0.1, -0.05) is 12.1 Å². The van der Waals surface area contributed by atoms with E-state index in [4.69, 9.17) is 4.74 Å². The number of rotatable bonds is 5. The molecule has 0 aliphatic carbocycles. The zero-order valence-corrected chi connectivity index (χ0v) is 14.7. The van der Waals surface area contributed by atoms with Gasteiger partial charge in [0.1, 0.15) is 5.75 Å². The Morgan fingerprint density at radius 2 is 2.08 bits per heavy atom. The number of hydrogen-bond acceptors (Lipinski definition) is 4. The van der Waals surface area contributed by atoms with Crippen LogP contribution in [-0.2, 0) is 4.79 Å². The summed E-state index contributed by atoms with van der Waals surface area (Å²) in [5.41, 5.74) is 3.50. The van der Waals surface area contributed by atoms with Crippen molar-refractivity contribution in [2.45, 2.75) is 25.8 Å². The van der Waals surface area contributed by atoms with Gasteiger partial charge < -0.3 is 9.84 Å². The highest BCUT2D eigenvalue weighted by atomic mass is 16.5. The number of piperidine rings is 1. The van der Waals surface area contributed by atoms with Crippen LogP contribution in [0.1, 0.15) is 35.6 Å². The summed E-state index contributed by atoms with van der Waals surface area (Å²) in [4.78, 5) is 17.9. The number of aryl methyl sites for hydroxylation is 1. The van der Waals surface area contributed by atoms with E-state index in [2.05, 4.69) is 35.0 Å². The van der Waals surface area contributed by atoms with Crippen LogP contribution in [0, 0.1) is 12.8 Å². The number of benzene rings is 1. The highest BCUT2D eigenvalue weighted by Gasteiger charge is 2.30. The van der Waals surface area contributed by atoms with E-state index in [1.165, 1.54) is 5.56 Å². The first-order valence-electron chi connectivity index (χ1n) is 8.61. The molecule has 0 spiro atoms. The molecule has 0 radical (unpaired) electrons. The normalized spacial score (nSPS) is 17.2. The molecular formula is C20H24N2O3. The molecule has 25 heavy (non-hydrogen) atoms. The number of carboxylic acids is 1. The summed E-state index contributed by atoms with van der Waals surface area (Å²) < 4.78 is 5.40. The zero-order chi connectivity index (χ0) is 17.8. The maximum absolute atomic E-state index is 11.3. The van der Waals surface area contributed by atoms with Crippen LogP contribution >= 0.6 is 0 Å². The summed E-state index contributed by atoms with van der Waals surface area (Å²) in [5, 5.41) is 9.27. The molecule has 0 amide bonds. The van der Waals surface area contributed by atoms with E-state index < -0.39 is 5.97 Å². The second-order valence-corrected chi connectivity index (χ2v) is 6.56. The smallest absolute Gasteiger partial charge is 0.306 e. The summed E-state index contributed by atoms with van der Waals surface area (Å²) in [6.45, 7) is 3.60. The highest BCUT2D eigenvalue weighted by molar-refractivity contribution is 5.70. The molecule has 1 fully saturated rings. The molecule has 1 N–H and O–H groups in total. The Labute approximate surface area is 148 Å². The van der Waals surface area contributed by atoms with Crippen molar-refractivity contribution >= 4 is 5.97 Å². The Morgan fingerprint density at radius 3 is 2.72 bits per heavy atom. The van der Waals surface area contributed by atoms with Gasteiger partial charge in [-0.05, 0) is 67.7 Å². The van der Waals surface area contributed by atoms with E-state index in [0.29, 0.717) is 12.8 Å². The van der Waals surface area contributed by atoms with Gasteiger partial charge in [-0.25, -0.2) is 0 Å². The van der Waals surface area contributed by atoms with Gasteiger partial charge in [0.15, 0.2) is 0 Å². The number of methoxy groups -OCH3 is 1. The van der Waals surface area contributed by atoms with Crippen molar-refractivity contribution in [1.82, 2.24) is 9.88 Å². The summed E-state index contributed by atoms with van der Waals surface area (Å²) in [7, 11) is 1.67. The van der Waals surface area contributed by atoms with Gasteiger partial charge in [-0.15, -0.1) is 0 Å². The molecule has 1 aromatic heterocycles. The molecule has 5 nitrogen and oxygen atoms in total. The first-order valence-corrected chi connectivity index (χ1v) is 8.61. The first kappa shape index (κ1) is 17.4. The number of likely N-dealkylation sites (tertiary alicyclic amines) is 1. The molecule has 5 heteroatoms. The summed E-state index contributed by atoms with van der Waals surface area (Å²) in [6, 6.07) is 10.2. The quantitative estimate of drug-likeness (QED) is 0.905. The van der Waals surface area contributed by atoms with Crippen LogP contribution in [-0.4, -0.2) is 41.2 Å². The number of aromatic nitrogens is 1. The minimum absolute atomic E-state index is 0.0767. The SMILES string of the molecule is COc1cccc(C(c2ccncc2C)N2CCC(C(=O)O)CC2)c1. The number of hydrogen-bond donors (Lipinski definition) is 1. The Kier molecular flexibility index (Phi) is 5.34. The minimum Gasteiger partial charge on any atom is -0.497 e. The predicted molar refractivity (Wildman–Crippen MR) is 95.7 cm³/mol. The van der Waals surface area contributed by atoms with Crippen molar-refractivity contribution in [1.29, 1.82) is 0 Å². The number of pyridine rings is 1. The maximum Gasteiger partial charge on any atom is 0.306 e. The lowest BCUT2D eigenvalue weighted by Gasteiger charge is -2.37. The molecule has 1 aliphatic rings. The second kappa shape index (κ2) is 7.66. The van der Waals surface area contributed by atoms with Gasteiger partial charge >= 0.3 is 5.97 Å². The average molecular weight is 340 g/mol. The molecule has 0 bridgehead atoms. The highest BCUT2D eigenvalue weighted by Crippen LogP contribution is 2.35. The van der Waals surface area contributed by atoms with E-state index in [-0.39, 0.29) is 12.0 Å². The van der Waals surface area contributed by atoms with Gasteiger partial charge in [0, 0.05) is 12.4 Å². The lowest BCUT2D eigenvalue weighted by molar-refractivity contribution is -0.143. The summed E-state index contributed by atoms with van der Waals surface area (Å²) in [6.07, 6.45) is 5.06. The minimum atomic E-state index is -0.683. The molecule has 132 valence electrons. The van der Waals surface area contributed by atoms with Gasteiger partial charge in [0.25, 0.3) is 0 Å². The molecule has 1 atom stereocenters. The Bertz CT molecular complexity index is 739. The molecule has 2 aromatic rings. The summed E-state index contributed by atoms with van der Waals surface area (Å²) in [5.74, 6) is -0.0898. The lowest BCUT2D eigenvalue weighted by atomic mass is 9.90. The van der Waals surface area contributed by atoms with Crippen molar-refractivity contribution in [3.63, 3.8) is 0 Å². The monoisotopic (exact) mass is 340 g/mol. The van der Waals surface area contributed by atoms with E-state index in [1.807, 2.05) is 24.5 Å². The molecule has 1 aliphatic heterocycles. The number of carbonyl (C=O) groups is 1. The van der Waals surface area contributed by atoms with E-state index in [0.717, 1.165) is 30.0 Å². The van der Waals surface area contributed by atoms with Crippen LogP contribution < -0.4 is 4.74 Å². The molecule has 0 saturated carbocycles. The van der Waals surface area contributed by atoms with Gasteiger partial charge in [0.05, 0.1) is 19.1 Å². The zero-order valence-electron chi connectivity index (χ0n) is 14.7. The van der Waals surface area contributed by atoms with Gasteiger partial charge in [-0.2, -0.15) is 0 Å². The van der Waals surface area contributed by atoms with Crippen LogP contribution in [0.4, 0.5) is 0 Å². The maximum atomic E-state index is 11.3. The molecular weight excluding hydrogens is 316 g/mol. The Balaban J connectivity index is 1.95. The largest absolute Gasteiger partial charge is 0.497 e. The van der Waals surface area contributed by atoms with Crippen molar-refractivity contribution < 1.29 is 14.6 Å². The first-order chi connectivity index (χ1) is 12.1. The number of aliphatic carboxylic acids is 1. The number of carboxylic acid groups (broad SMARTS) is 1. The van der Waals surface area contributed by atoms with Crippen LogP contribution in [0.15, 0.2) is 42.7 Å². The standard InChI is InChI=1S/C20H24N2O3/c1-14-13-21-9-6-18(14)19(16-4-3-5-17(12-16)25-2)22-10-7-15(8-11-22)20(23)24/h3-6,9,12-13,15,19H,7-8,10-11H2,1-2H3,(H,23,24). The van der Waals surface area contributed by atoms with Crippen LogP contribution in [0.3, 0.4) is 0 Å². The third kappa shape index (κ3) is 3.82. The van der Waals surface area contributed by atoms with Crippen LogP contribution in [0.2, 0.25) is 0 Å². The fourth-order valence-corrected chi connectivity index (χ4v) is 3.59. The fourth-order valence-electron chi connectivity index (χ4n) is 3.59. The summed E-state index contributed by atoms with van der Waals surface area (Å²) >= 11 is 0. The van der Waals surface area contributed by atoms with Crippen LogP contribution in [0.25, 0.3) is 0 Å². The van der Waals surface area contributed by atoms with Crippen molar-refractivity contribution in [3.05, 3.63) is 59.4 Å². The van der Waals surface area contributed by atoms with Crippen LogP contribution in [0.5, 0.6) is 5.75 Å². The van der Waals surface area contributed by atoms with E-state index in [1.54, 1.807) is 7.11 Å². The molecule has 3 rings (SSSR count). The van der Waals surface area contributed by atoms with Gasteiger partial charge in [0.2, 0.25) is 0 Å². The van der Waals surface area contributed by atoms with Gasteiger partial charge in [-0.3, -0.25) is 14.7 Å². The second-order valence-electron chi connectivity index (χ2n) is 6.56. The third-order valence-electron chi connectivity index (χ3n) is 5.01. The van der Waals surface area contributed by atoms with E-state index >= 15 is 0 Å². The number of nitrogens with zero attached hydrogens (tertiary/aromatic N) is 2. The third-order valence-corrected chi connectivity index (χ3v) is 5.01. The lowest BCUT2D eigenvalue weighted by Crippen LogP contribution is -2.39. The van der Waals surface area contributed by atoms with E-state index in [9.17, 15) is 9.90 Å². The Hall–Kier alpha value is -2.40. The average Bonchev–Trinajstić information content (AvgIpc) is 2.64. The molecule has 1 unspecified atom stereocenters. The van der Waals surface area contributed by atoms with Crippen molar-refractivity contribution in [2.24, 2.45) is 5.92 Å². The topological polar surface area (TPSA) is 62.7 Å². The molecule has 1 aromatic carbocycles. The number of ether oxygens (including phenoxy) is 1. The Morgan fingerprint density at radius 1 is 1.32 bits per heavy atom. The molecule has 2 heterocycles. The predicted octanol–water partition coefficient (Wildman–Crippen LogP) is 3.28. The molecule has 1 saturated heterocycles.